The Balaban J connectivity index is 1.45. The van der Waals surface area contributed by atoms with E-state index < -0.39 is 0 Å². The highest BCUT2D eigenvalue weighted by molar-refractivity contribution is 5.63. The second-order valence-corrected chi connectivity index (χ2v) is 7.12. The molecule has 1 aliphatic rings. The van der Waals surface area contributed by atoms with Gasteiger partial charge in [-0.15, -0.1) is 0 Å². The minimum Gasteiger partial charge on any atom is -0.496 e. The predicted octanol–water partition coefficient (Wildman–Crippen LogP) is 3.07. The van der Waals surface area contributed by atoms with Crippen LogP contribution in [0.3, 0.4) is 0 Å². The standard InChI is InChI=1S/C22H26N6O/c1-29-20-7-3-2-6-17(20)10-13-28(23)22-14-19(25-16-26-22)18-8-9-21(24-15-18)27-11-4-5-12-27/h2-3,6-9,14-16H,4-5,10-13,23H2,1H3. The zero-order valence-electron chi connectivity index (χ0n) is 16.7. The van der Waals surface area contributed by atoms with Gasteiger partial charge in [0, 0.05) is 37.5 Å². The predicted molar refractivity (Wildman–Crippen MR) is 115 cm³/mol. The van der Waals surface area contributed by atoms with Crippen molar-refractivity contribution in [3.63, 3.8) is 0 Å². The molecule has 2 aromatic heterocycles. The third kappa shape index (κ3) is 4.46. The van der Waals surface area contributed by atoms with Gasteiger partial charge in [0.05, 0.1) is 12.8 Å². The van der Waals surface area contributed by atoms with Crippen molar-refractivity contribution in [2.45, 2.75) is 19.3 Å². The fraction of sp³-hybridized carbons (Fsp3) is 0.318. The molecule has 1 aromatic carbocycles. The van der Waals surface area contributed by atoms with Gasteiger partial charge >= 0.3 is 0 Å². The summed E-state index contributed by atoms with van der Waals surface area (Å²) in [6.45, 7) is 2.78. The lowest BCUT2D eigenvalue weighted by Crippen LogP contribution is -2.33. The molecule has 1 saturated heterocycles. The highest BCUT2D eigenvalue weighted by Gasteiger charge is 2.14. The third-order valence-corrected chi connectivity index (χ3v) is 5.24. The number of hydrazine groups is 1. The van der Waals surface area contributed by atoms with Crippen LogP contribution in [0.1, 0.15) is 18.4 Å². The highest BCUT2D eigenvalue weighted by Crippen LogP contribution is 2.24. The number of anilines is 2. The van der Waals surface area contributed by atoms with Crippen LogP contribution in [-0.4, -0.2) is 41.7 Å². The van der Waals surface area contributed by atoms with E-state index in [9.17, 15) is 0 Å². The number of nitrogens with two attached hydrogens (primary N) is 1. The molecule has 0 bridgehead atoms. The van der Waals surface area contributed by atoms with E-state index in [4.69, 9.17) is 10.6 Å². The maximum absolute atomic E-state index is 6.27. The molecule has 0 atom stereocenters. The molecule has 2 N–H and O–H groups in total. The van der Waals surface area contributed by atoms with E-state index in [1.165, 1.54) is 12.8 Å². The van der Waals surface area contributed by atoms with Gasteiger partial charge in [0.2, 0.25) is 0 Å². The Morgan fingerprint density at radius 2 is 1.90 bits per heavy atom. The number of nitrogens with zero attached hydrogens (tertiary/aromatic N) is 5. The molecular formula is C22H26N6O. The average Bonchev–Trinajstić information content (AvgIpc) is 3.33. The summed E-state index contributed by atoms with van der Waals surface area (Å²) >= 11 is 0. The van der Waals surface area contributed by atoms with Gasteiger partial charge in [0.25, 0.3) is 0 Å². The van der Waals surface area contributed by atoms with Crippen LogP contribution < -0.4 is 20.5 Å². The van der Waals surface area contributed by atoms with Crippen molar-refractivity contribution >= 4 is 11.6 Å². The monoisotopic (exact) mass is 390 g/mol. The quantitative estimate of drug-likeness (QED) is 0.490. The van der Waals surface area contributed by atoms with Crippen LogP contribution in [0.25, 0.3) is 11.3 Å². The number of pyridine rings is 1. The summed E-state index contributed by atoms with van der Waals surface area (Å²) in [7, 11) is 1.68. The van der Waals surface area contributed by atoms with Gasteiger partial charge in [-0.2, -0.15) is 0 Å². The van der Waals surface area contributed by atoms with E-state index in [0.29, 0.717) is 12.4 Å². The number of hydrogen-bond acceptors (Lipinski definition) is 7. The maximum Gasteiger partial charge on any atom is 0.146 e. The molecule has 3 heterocycles. The number of benzene rings is 1. The molecule has 29 heavy (non-hydrogen) atoms. The molecule has 0 spiro atoms. The van der Waals surface area contributed by atoms with Gasteiger partial charge in [-0.25, -0.2) is 20.8 Å². The Labute approximate surface area is 171 Å². The molecular weight excluding hydrogens is 364 g/mol. The molecule has 7 nitrogen and oxygen atoms in total. The van der Waals surface area contributed by atoms with Crippen LogP contribution in [-0.2, 0) is 6.42 Å². The summed E-state index contributed by atoms with van der Waals surface area (Å²) in [5.74, 6) is 8.84. The lowest BCUT2D eigenvalue weighted by molar-refractivity contribution is 0.409. The van der Waals surface area contributed by atoms with Crippen molar-refractivity contribution in [1.29, 1.82) is 0 Å². The van der Waals surface area contributed by atoms with Crippen molar-refractivity contribution in [2.24, 2.45) is 5.84 Å². The molecule has 7 heteroatoms. The number of ether oxygens (including phenoxy) is 1. The Morgan fingerprint density at radius 1 is 1.07 bits per heavy atom. The SMILES string of the molecule is COc1ccccc1CCN(N)c1cc(-c2ccc(N3CCCC3)nc2)ncn1. The third-order valence-electron chi connectivity index (χ3n) is 5.24. The minimum absolute atomic E-state index is 0.614. The van der Waals surface area contributed by atoms with Crippen LogP contribution >= 0.6 is 0 Å². The molecule has 0 unspecified atom stereocenters. The van der Waals surface area contributed by atoms with Crippen LogP contribution in [0.5, 0.6) is 5.75 Å². The Bertz CT molecular complexity index is 940. The van der Waals surface area contributed by atoms with Crippen molar-refractivity contribution < 1.29 is 4.74 Å². The van der Waals surface area contributed by atoms with Gasteiger partial charge in [-0.1, -0.05) is 18.2 Å². The zero-order chi connectivity index (χ0) is 20.1. The number of hydrogen-bond donors (Lipinski definition) is 1. The maximum atomic E-state index is 6.27. The van der Waals surface area contributed by atoms with E-state index in [1.807, 2.05) is 36.5 Å². The zero-order valence-corrected chi connectivity index (χ0v) is 16.7. The summed E-state index contributed by atoms with van der Waals surface area (Å²) in [5.41, 5.74) is 2.87. The first-order valence-corrected chi connectivity index (χ1v) is 9.92. The summed E-state index contributed by atoms with van der Waals surface area (Å²) in [4.78, 5) is 15.7. The van der Waals surface area contributed by atoms with Gasteiger partial charge in [-0.05, 0) is 43.0 Å². The van der Waals surface area contributed by atoms with Gasteiger partial charge < -0.3 is 9.64 Å². The Morgan fingerprint density at radius 3 is 2.66 bits per heavy atom. The van der Waals surface area contributed by atoms with Gasteiger partial charge in [0.1, 0.15) is 23.7 Å². The first-order valence-electron chi connectivity index (χ1n) is 9.92. The van der Waals surface area contributed by atoms with Crippen LogP contribution in [0.4, 0.5) is 11.6 Å². The van der Waals surface area contributed by atoms with Gasteiger partial charge in [-0.3, -0.25) is 5.01 Å². The molecule has 150 valence electrons. The highest BCUT2D eigenvalue weighted by atomic mass is 16.5. The fourth-order valence-electron chi connectivity index (χ4n) is 3.60. The van der Waals surface area contributed by atoms with E-state index in [2.05, 4.69) is 32.0 Å². The minimum atomic E-state index is 0.614. The van der Waals surface area contributed by atoms with Crippen molar-refractivity contribution in [2.75, 3.05) is 36.7 Å². The normalized spacial score (nSPS) is 13.5. The average molecular weight is 390 g/mol. The second-order valence-electron chi connectivity index (χ2n) is 7.12. The molecule has 0 saturated carbocycles. The molecule has 4 rings (SSSR count). The van der Waals surface area contributed by atoms with E-state index >= 15 is 0 Å². The van der Waals surface area contributed by atoms with Crippen molar-refractivity contribution in [1.82, 2.24) is 15.0 Å². The molecule has 3 aromatic rings. The lowest BCUT2D eigenvalue weighted by atomic mass is 10.1. The lowest BCUT2D eigenvalue weighted by Gasteiger charge is -2.19. The first kappa shape index (κ1) is 19.1. The first-order chi connectivity index (χ1) is 14.2. The molecule has 1 fully saturated rings. The van der Waals surface area contributed by atoms with Crippen LogP contribution in [0.15, 0.2) is 55.0 Å². The molecule has 0 radical (unpaired) electrons. The number of aromatic nitrogens is 3. The summed E-state index contributed by atoms with van der Waals surface area (Å²) in [6.07, 6.45) is 6.64. The Hall–Kier alpha value is -3.19. The van der Waals surface area contributed by atoms with Crippen LogP contribution in [0.2, 0.25) is 0 Å². The molecule has 1 aliphatic heterocycles. The Kier molecular flexibility index (Phi) is 5.86. The van der Waals surface area contributed by atoms with Gasteiger partial charge in [0.15, 0.2) is 0 Å². The molecule has 0 aliphatic carbocycles. The summed E-state index contributed by atoms with van der Waals surface area (Å²) in [5, 5.41) is 1.64. The number of rotatable bonds is 7. The van der Waals surface area contributed by atoms with Crippen molar-refractivity contribution in [3.8, 4) is 17.0 Å². The van der Waals surface area contributed by atoms with Crippen LogP contribution in [0, 0.1) is 0 Å². The van der Waals surface area contributed by atoms with E-state index in [-0.39, 0.29) is 0 Å². The summed E-state index contributed by atoms with van der Waals surface area (Å²) < 4.78 is 5.41. The van der Waals surface area contributed by atoms with E-state index in [1.54, 1.807) is 18.4 Å². The smallest absolute Gasteiger partial charge is 0.146 e. The topological polar surface area (TPSA) is 80.4 Å². The summed E-state index contributed by atoms with van der Waals surface area (Å²) in [6, 6.07) is 14.0. The largest absolute Gasteiger partial charge is 0.496 e. The molecule has 0 amide bonds. The van der Waals surface area contributed by atoms with Crippen molar-refractivity contribution in [3.05, 3.63) is 60.6 Å². The number of methoxy groups -OCH3 is 1. The fourth-order valence-corrected chi connectivity index (χ4v) is 3.60. The van der Waals surface area contributed by atoms with E-state index in [0.717, 1.165) is 47.9 Å². The number of para-hydroxylation sites is 1. The second kappa shape index (κ2) is 8.87.